The predicted molar refractivity (Wildman–Crippen MR) is 112 cm³/mol. The van der Waals surface area contributed by atoms with Gasteiger partial charge in [0.1, 0.15) is 22.0 Å². The van der Waals surface area contributed by atoms with Gasteiger partial charge >= 0.3 is 0 Å². The molecule has 11 heteroatoms. The highest BCUT2D eigenvalue weighted by Gasteiger charge is 2.35. The largest absolute Gasteiger partial charge is 0.344 e. The Kier molecular flexibility index (Phi) is 6.03. The van der Waals surface area contributed by atoms with Crippen LogP contribution in [-0.4, -0.2) is 70.4 Å². The number of fused-ring (bicyclic) bond motifs is 1. The van der Waals surface area contributed by atoms with Gasteiger partial charge in [0, 0.05) is 26.2 Å². The summed E-state index contributed by atoms with van der Waals surface area (Å²) in [4.78, 5) is 27.1. The lowest BCUT2D eigenvalue weighted by Gasteiger charge is -2.32. The normalized spacial score (nSPS) is 21.6. The van der Waals surface area contributed by atoms with Crippen molar-refractivity contribution in [1.82, 2.24) is 23.3 Å². The second-order valence-electron chi connectivity index (χ2n) is 7.85. The molecule has 1 N–H and O–H groups in total. The summed E-state index contributed by atoms with van der Waals surface area (Å²) in [5.41, 5.74) is 0.903. The molecule has 2 aromatic rings. The number of carbonyl (C=O) groups excluding carboxylic acids is 2. The molecule has 0 saturated carbocycles. The summed E-state index contributed by atoms with van der Waals surface area (Å²) in [7, 11) is -3.80. The van der Waals surface area contributed by atoms with Crippen molar-refractivity contribution >= 4 is 44.6 Å². The van der Waals surface area contributed by atoms with E-state index in [1.54, 1.807) is 24.0 Å². The molecule has 2 aliphatic rings. The van der Waals surface area contributed by atoms with E-state index < -0.39 is 22.0 Å². The van der Waals surface area contributed by atoms with Gasteiger partial charge in [0.25, 0.3) is 0 Å². The Morgan fingerprint density at radius 3 is 2.70 bits per heavy atom. The first-order valence-electron chi connectivity index (χ1n) is 10.2. The van der Waals surface area contributed by atoms with Gasteiger partial charge in [-0.25, -0.2) is 8.42 Å². The third kappa shape index (κ3) is 4.06. The quantitative estimate of drug-likeness (QED) is 0.731. The first-order valence-corrected chi connectivity index (χ1v) is 12.4. The number of rotatable bonds is 5. The van der Waals surface area contributed by atoms with Gasteiger partial charge in [0.15, 0.2) is 0 Å². The fourth-order valence-electron chi connectivity index (χ4n) is 4.11. The Balaban J connectivity index is 1.45. The molecule has 2 atom stereocenters. The maximum absolute atomic E-state index is 13.2. The molecule has 1 aromatic carbocycles. The van der Waals surface area contributed by atoms with E-state index in [9.17, 15) is 18.0 Å². The van der Waals surface area contributed by atoms with Crippen LogP contribution in [0.25, 0.3) is 11.0 Å². The van der Waals surface area contributed by atoms with Crippen LogP contribution in [0.1, 0.15) is 32.6 Å². The Morgan fingerprint density at radius 2 is 1.93 bits per heavy atom. The highest BCUT2D eigenvalue weighted by Crippen LogP contribution is 2.28. The maximum atomic E-state index is 13.2. The zero-order valence-corrected chi connectivity index (χ0v) is 18.4. The monoisotopic (exact) mass is 451 g/mol. The van der Waals surface area contributed by atoms with E-state index in [1.165, 1.54) is 10.4 Å². The summed E-state index contributed by atoms with van der Waals surface area (Å²) in [5, 5.41) is 2.79. The molecule has 0 unspecified atom stereocenters. The third-order valence-electron chi connectivity index (χ3n) is 5.77. The first kappa shape index (κ1) is 21.1. The number of hydrogen-bond donors (Lipinski definition) is 1. The third-order valence-corrected chi connectivity index (χ3v) is 8.21. The van der Waals surface area contributed by atoms with E-state index in [1.807, 2.05) is 0 Å². The number of likely N-dealkylation sites (tertiary alicyclic amines) is 1. The number of hydrogen-bond acceptors (Lipinski definition) is 7. The zero-order valence-electron chi connectivity index (χ0n) is 16.8. The molecule has 162 valence electrons. The predicted octanol–water partition coefficient (Wildman–Crippen LogP) is 1.22. The molecular weight excluding hydrogens is 426 g/mol. The summed E-state index contributed by atoms with van der Waals surface area (Å²) in [6, 6.07) is 4.29. The molecule has 2 fully saturated rings. The fraction of sp³-hybridized carbons (Fsp3) is 0.579. The summed E-state index contributed by atoms with van der Waals surface area (Å²) in [5.74, 6) is -0.845. The van der Waals surface area contributed by atoms with Gasteiger partial charge in [-0.05, 0) is 44.7 Å². The number of nitrogens with zero attached hydrogens (tertiary/aromatic N) is 4. The number of piperidine rings is 1. The molecule has 0 bridgehead atoms. The molecule has 2 aliphatic heterocycles. The van der Waals surface area contributed by atoms with E-state index in [-0.39, 0.29) is 23.3 Å². The minimum Gasteiger partial charge on any atom is -0.344 e. The van der Waals surface area contributed by atoms with Crippen LogP contribution >= 0.6 is 11.7 Å². The molecule has 4 rings (SSSR count). The standard InChI is InChI=1S/C19H25N5O4S2/c1-13(19(26)23-9-2-3-10-23)20-18(25)14-6-5-11-24(12-14)30(27,28)16-8-4-7-15-17(16)22-29-21-15/h4,7-8,13-14H,2-3,5-6,9-12H2,1H3,(H,20,25)/t13-,14-/m0/s1. The lowest BCUT2D eigenvalue weighted by Crippen LogP contribution is -2.51. The van der Waals surface area contributed by atoms with E-state index >= 15 is 0 Å². The van der Waals surface area contributed by atoms with Crippen molar-refractivity contribution in [3.8, 4) is 0 Å². The van der Waals surface area contributed by atoms with E-state index in [4.69, 9.17) is 0 Å². The van der Waals surface area contributed by atoms with E-state index in [2.05, 4.69) is 14.1 Å². The minimum absolute atomic E-state index is 0.0798. The van der Waals surface area contributed by atoms with Gasteiger partial charge in [0.2, 0.25) is 21.8 Å². The van der Waals surface area contributed by atoms with Crippen LogP contribution in [0.4, 0.5) is 0 Å². The summed E-state index contributed by atoms with van der Waals surface area (Å²) < 4.78 is 36.1. The lowest BCUT2D eigenvalue weighted by atomic mass is 9.98. The van der Waals surface area contributed by atoms with Crippen molar-refractivity contribution in [2.75, 3.05) is 26.2 Å². The van der Waals surface area contributed by atoms with E-state index in [0.717, 1.165) is 37.7 Å². The Morgan fingerprint density at radius 1 is 1.17 bits per heavy atom. The number of nitrogens with one attached hydrogen (secondary N) is 1. The van der Waals surface area contributed by atoms with Crippen molar-refractivity contribution in [3.05, 3.63) is 18.2 Å². The second kappa shape index (κ2) is 8.56. The molecule has 2 amide bonds. The maximum Gasteiger partial charge on any atom is 0.245 e. The highest BCUT2D eigenvalue weighted by molar-refractivity contribution is 7.89. The lowest BCUT2D eigenvalue weighted by molar-refractivity contribution is -0.136. The van der Waals surface area contributed by atoms with Gasteiger partial charge in [-0.3, -0.25) is 9.59 Å². The number of aromatic nitrogens is 2. The van der Waals surface area contributed by atoms with Gasteiger partial charge in [-0.1, -0.05) is 6.07 Å². The molecular formula is C19H25N5O4S2. The topological polar surface area (TPSA) is 113 Å². The van der Waals surface area contributed by atoms with Crippen LogP contribution in [0.15, 0.2) is 23.1 Å². The Hall–Kier alpha value is -2.11. The second-order valence-corrected chi connectivity index (χ2v) is 10.3. The van der Waals surface area contributed by atoms with Crippen LogP contribution < -0.4 is 5.32 Å². The van der Waals surface area contributed by atoms with Crippen molar-refractivity contribution in [2.45, 2.75) is 43.5 Å². The van der Waals surface area contributed by atoms with Gasteiger partial charge in [-0.2, -0.15) is 13.1 Å². The van der Waals surface area contributed by atoms with Crippen LogP contribution in [0, 0.1) is 5.92 Å². The summed E-state index contributed by atoms with van der Waals surface area (Å²) >= 11 is 0.972. The highest BCUT2D eigenvalue weighted by atomic mass is 32.2. The molecule has 3 heterocycles. The van der Waals surface area contributed by atoms with Crippen molar-refractivity contribution in [2.24, 2.45) is 5.92 Å². The molecule has 0 radical (unpaired) electrons. The number of carbonyl (C=O) groups is 2. The average molecular weight is 452 g/mol. The number of sulfonamides is 1. The molecule has 30 heavy (non-hydrogen) atoms. The SMILES string of the molecule is C[C@H](NC(=O)[C@H]1CCCN(S(=O)(=O)c2cccc3nsnc23)C1)C(=O)N1CCCC1. The summed E-state index contributed by atoms with van der Waals surface area (Å²) in [6.45, 7) is 3.58. The summed E-state index contributed by atoms with van der Waals surface area (Å²) in [6.07, 6.45) is 3.15. The van der Waals surface area contributed by atoms with E-state index in [0.29, 0.717) is 30.4 Å². The van der Waals surface area contributed by atoms with Gasteiger partial charge in [0.05, 0.1) is 17.6 Å². The molecule has 2 saturated heterocycles. The molecule has 0 spiro atoms. The number of benzene rings is 1. The molecule has 1 aromatic heterocycles. The van der Waals surface area contributed by atoms with Gasteiger partial charge < -0.3 is 10.2 Å². The van der Waals surface area contributed by atoms with Crippen molar-refractivity contribution in [1.29, 1.82) is 0 Å². The van der Waals surface area contributed by atoms with Crippen molar-refractivity contribution < 1.29 is 18.0 Å². The van der Waals surface area contributed by atoms with Crippen LogP contribution in [0.3, 0.4) is 0 Å². The Bertz CT molecular complexity index is 1050. The molecule has 9 nitrogen and oxygen atoms in total. The first-order chi connectivity index (χ1) is 14.4. The smallest absolute Gasteiger partial charge is 0.245 e. The average Bonchev–Trinajstić information content (AvgIpc) is 3.44. The minimum atomic E-state index is -3.80. The van der Waals surface area contributed by atoms with Crippen molar-refractivity contribution in [3.63, 3.8) is 0 Å². The fourth-order valence-corrected chi connectivity index (χ4v) is 6.38. The van der Waals surface area contributed by atoms with Crippen LogP contribution in [0.2, 0.25) is 0 Å². The van der Waals surface area contributed by atoms with Crippen LogP contribution in [0.5, 0.6) is 0 Å². The molecule has 0 aliphatic carbocycles. The number of amides is 2. The van der Waals surface area contributed by atoms with Gasteiger partial charge in [-0.15, -0.1) is 0 Å². The zero-order chi connectivity index (χ0) is 21.3. The van der Waals surface area contributed by atoms with Crippen LogP contribution in [-0.2, 0) is 19.6 Å². The Labute approximate surface area is 179 Å².